The highest BCUT2D eigenvalue weighted by Crippen LogP contribution is 2.37. The van der Waals surface area contributed by atoms with Crippen LogP contribution in [-0.4, -0.2) is 29.3 Å². The molecule has 0 unspecified atom stereocenters. The second-order valence-electron chi connectivity index (χ2n) is 9.29. The molecule has 1 aromatic heterocycles. The zero-order chi connectivity index (χ0) is 27.5. The van der Waals surface area contributed by atoms with Crippen LogP contribution >= 0.6 is 23.2 Å². The molecule has 0 atom stereocenters. The van der Waals surface area contributed by atoms with Gasteiger partial charge < -0.3 is 10.1 Å². The molecule has 0 aliphatic heterocycles. The topological polar surface area (TPSA) is 85.4 Å². The molecule has 6 nitrogen and oxygen atoms in total. The highest BCUT2D eigenvalue weighted by atomic mass is 35.5. The average molecular weight is 559 g/mol. The number of allylic oxidation sites excluding steroid dienone is 1. The zero-order valence-corrected chi connectivity index (χ0v) is 22.6. The average Bonchev–Trinajstić information content (AvgIpc) is 2.93. The standard InChI is InChI=1S/C31H24Cl2N2O4/c1-18(36)20-10-12-22(13-11-20)34-28(37)17-39-31(38)29-23-6-2-3-8-27(23)35-30-21(5-4-7-24(29)30)15-19-9-14-25(32)26(33)16-19/h2-3,6,8-16H,4-5,7,17H2,1H3,(H,34,37). The Labute approximate surface area is 235 Å². The Morgan fingerprint density at radius 2 is 1.74 bits per heavy atom. The van der Waals surface area contributed by atoms with Gasteiger partial charge in [0.05, 0.1) is 26.8 Å². The van der Waals surface area contributed by atoms with Crippen molar-refractivity contribution in [1.82, 2.24) is 4.98 Å². The third kappa shape index (κ3) is 5.87. The molecule has 1 N–H and O–H groups in total. The monoisotopic (exact) mass is 558 g/mol. The Morgan fingerprint density at radius 1 is 0.974 bits per heavy atom. The number of carbonyl (C=O) groups excluding carboxylic acids is 3. The molecule has 1 aliphatic rings. The molecule has 0 fully saturated rings. The van der Waals surface area contributed by atoms with Gasteiger partial charge in [-0.1, -0.05) is 47.5 Å². The fourth-order valence-corrected chi connectivity index (χ4v) is 5.01. The summed E-state index contributed by atoms with van der Waals surface area (Å²) in [5.74, 6) is -1.13. The van der Waals surface area contributed by atoms with Gasteiger partial charge in [0.25, 0.3) is 5.91 Å². The first-order chi connectivity index (χ1) is 18.8. The lowest BCUT2D eigenvalue weighted by Crippen LogP contribution is -2.22. The summed E-state index contributed by atoms with van der Waals surface area (Å²) in [6.07, 6.45) is 4.29. The van der Waals surface area contributed by atoms with Crippen molar-refractivity contribution in [2.75, 3.05) is 11.9 Å². The molecule has 1 aliphatic carbocycles. The Hall–Kier alpha value is -4.00. The predicted molar refractivity (Wildman–Crippen MR) is 154 cm³/mol. The van der Waals surface area contributed by atoms with Crippen LogP contribution in [0.4, 0.5) is 5.69 Å². The van der Waals surface area contributed by atoms with Gasteiger partial charge in [0.1, 0.15) is 0 Å². The number of carbonyl (C=O) groups is 3. The van der Waals surface area contributed by atoms with E-state index in [1.165, 1.54) is 6.92 Å². The summed E-state index contributed by atoms with van der Waals surface area (Å²) < 4.78 is 5.50. The van der Waals surface area contributed by atoms with Crippen LogP contribution in [0.25, 0.3) is 22.6 Å². The fraction of sp³-hybridized carbons (Fsp3) is 0.161. The van der Waals surface area contributed by atoms with Crippen molar-refractivity contribution < 1.29 is 19.1 Å². The minimum Gasteiger partial charge on any atom is -0.452 e. The van der Waals surface area contributed by atoms with Crippen molar-refractivity contribution in [3.63, 3.8) is 0 Å². The summed E-state index contributed by atoms with van der Waals surface area (Å²) in [7, 11) is 0. The second-order valence-corrected chi connectivity index (χ2v) is 10.1. The minimum atomic E-state index is -0.581. The summed E-state index contributed by atoms with van der Waals surface area (Å²) in [4.78, 5) is 42.3. The van der Waals surface area contributed by atoms with Crippen LogP contribution in [0.5, 0.6) is 0 Å². The van der Waals surface area contributed by atoms with Crippen LogP contribution in [0.2, 0.25) is 10.0 Å². The molecule has 4 aromatic rings. The van der Waals surface area contributed by atoms with Crippen molar-refractivity contribution in [1.29, 1.82) is 0 Å². The third-order valence-electron chi connectivity index (χ3n) is 6.57. The maximum Gasteiger partial charge on any atom is 0.339 e. The molecule has 5 rings (SSSR count). The van der Waals surface area contributed by atoms with Crippen molar-refractivity contribution in [3.8, 4) is 0 Å². The molecule has 0 radical (unpaired) electrons. The molecule has 0 saturated heterocycles. The number of aromatic nitrogens is 1. The van der Waals surface area contributed by atoms with Crippen molar-refractivity contribution in [2.45, 2.75) is 26.2 Å². The van der Waals surface area contributed by atoms with Crippen LogP contribution in [0.3, 0.4) is 0 Å². The Kier molecular flexibility index (Phi) is 7.77. The van der Waals surface area contributed by atoms with Gasteiger partial charge >= 0.3 is 5.97 Å². The van der Waals surface area contributed by atoms with E-state index in [9.17, 15) is 14.4 Å². The maximum absolute atomic E-state index is 13.4. The second kappa shape index (κ2) is 11.4. The molecular formula is C31H24Cl2N2O4. The number of nitrogens with zero attached hydrogens (tertiary/aromatic N) is 1. The first-order valence-corrected chi connectivity index (χ1v) is 13.2. The van der Waals surface area contributed by atoms with Crippen LogP contribution in [0.1, 0.15) is 57.3 Å². The number of hydrogen-bond acceptors (Lipinski definition) is 5. The highest BCUT2D eigenvalue weighted by molar-refractivity contribution is 6.42. The van der Waals surface area contributed by atoms with E-state index in [2.05, 4.69) is 5.32 Å². The lowest BCUT2D eigenvalue weighted by molar-refractivity contribution is -0.119. The van der Waals surface area contributed by atoms with Crippen LogP contribution in [0, 0.1) is 0 Å². The molecule has 0 spiro atoms. The number of hydrogen-bond donors (Lipinski definition) is 1. The van der Waals surface area contributed by atoms with Gasteiger partial charge in [0.15, 0.2) is 12.4 Å². The van der Waals surface area contributed by atoms with E-state index in [0.29, 0.717) is 44.2 Å². The number of esters is 1. The number of anilines is 1. The van der Waals surface area contributed by atoms with Gasteiger partial charge in [-0.2, -0.15) is 0 Å². The van der Waals surface area contributed by atoms with Gasteiger partial charge in [-0.05, 0) is 91.4 Å². The molecule has 8 heteroatoms. The molecule has 39 heavy (non-hydrogen) atoms. The Bertz CT molecular complexity index is 1640. The summed E-state index contributed by atoms with van der Waals surface area (Å²) in [6, 6.07) is 19.4. The van der Waals surface area contributed by atoms with Crippen LogP contribution in [0.15, 0.2) is 66.7 Å². The highest BCUT2D eigenvalue weighted by Gasteiger charge is 2.26. The number of para-hydroxylation sites is 1. The van der Waals surface area contributed by atoms with E-state index in [4.69, 9.17) is 32.9 Å². The van der Waals surface area contributed by atoms with E-state index < -0.39 is 18.5 Å². The number of fused-ring (bicyclic) bond motifs is 2. The van der Waals surface area contributed by atoms with E-state index in [1.807, 2.05) is 36.4 Å². The summed E-state index contributed by atoms with van der Waals surface area (Å²) in [5.41, 5.74) is 5.56. The number of benzene rings is 3. The molecular weight excluding hydrogens is 535 g/mol. The van der Waals surface area contributed by atoms with Crippen molar-refractivity contribution >= 4 is 69.1 Å². The van der Waals surface area contributed by atoms with Crippen molar-refractivity contribution in [2.24, 2.45) is 0 Å². The van der Waals surface area contributed by atoms with E-state index in [1.54, 1.807) is 36.4 Å². The van der Waals surface area contributed by atoms with E-state index in [0.717, 1.165) is 35.2 Å². The lowest BCUT2D eigenvalue weighted by atomic mass is 9.86. The van der Waals surface area contributed by atoms with Gasteiger partial charge in [-0.15, -0.1) is 0 Å². The first kappa shape index (κ1) is 26.6. The third-order valence-corrected chi connectivity index (χ3v) is 7.31. The molecule has 0 saturated carbocycles. The summed E-state index contributed by atoms with van der Waals surface area (Å²) >= 11 is 12.3. The summed E-state index contributed by atoms with van der Waals surface area (Å²) in [6.45, 7) is 1.02. The normalized spacial score (nSPS) is 13.7. The Morgan fingerprint density at radius 3 is 2.49 bits per heavy atom. The molecule has 196 valence electrons. The van der Waals surface area contributed by atoms with Crippen molar-refractivity contribution in [3.05, 3.63) is 105 Å². The minimum absolute atomic E-state index is 0.0651. The van der Waals surface area contributed by atoms with Crippen LogP contribution in [-0.2, 0) is 16.0 Å². The number of ketones is 1. The lowest BCUT2D eigenvalue weighted by Gasteiger charge is -2.22. The van der Waals surface area contributed by atoms with Gasteiger partial charge in [-0.3, -0.25) is 9.59 Å². The predicted octanol–water partition coefficient (Wildman–Crippen LogP) is 7.42. The molecule has 1 heterocycles. The van der Waals surface area contributed by atoms with Gasteiger partial charge in [0, 0.05) is 16.6 Å². The number of halogens is 2. The largest absolute Gasteiger partial charge is 0.452 e. The van der Waals surface area contributed by atoms with E-state index in [-0.39, 0.29) is 5.78 Å². The SMILES string of the molecule is CC(=O)c1ccc(NC(=O)COC(=O)c2c3c(nc4ccccc24)C(=Cc2ccc(Cl)c(Cl)c2)CCC3)cc1. The number of amides is 1. The fourth-order valence-electron chi connectivity index (χ4n) is 4.70. The molecule has 1 amide bonds. The summed E-state index contributed by atoms with van der Waals surface area (Å²) in [5, 5.41) is 4.31. The number of ether oxygens (including phenoxy) is 1. The molecule has 0 bridgehead atoms. The van der Waals surface area contributed by atoms with Gasteiger partial charge in [-0.25, -0.2) is 9.78 Å². The first-order valence-electron chi connectivity index (χ1n) is 12.5. The quantitative estimate of drug-likeness (QED) is 0.196. The smallest absolute Gasteiger partial charge is 0.339 e. The number of pyridine rings is 1. The maximum atomic E-state index is 13.4. The van der Waals surface area contributed by atoms with E-state index >= 15 is 0 Å². The van der Waals surface area contributed by atoms with Gasteiger partial charge in [0.2, 0.25) is 0 Å². The molecule has 3 aromatic carbocycles. The number of rotatable bonds is 6. The number of Topliss-reactive ketones (excluding diaryl/α,β-unsaturated/α-hetero) is 1. The van der Waals surface area contributed by atoms with Crippen LogP contribution < -0.4 is 5.32 Å². The number of nitrogens with one attached hydrogen (secondary N) is 1. The zero-order valence-electron chi connectivity index (χ0n) is 21.1. The Balaban J connectivity index is 1.42.